The fourth-order valence-electron chi connectivity index (χ4n) is 1.19. The fourth-order valence-corrected chi connectivity index (χ4v) is 1.19. The lowest BCUT2D eigenvalue weighted by Crippen LogP contribution is -2.45. The Kier molecular flexibility index (Phi) is 6.70. The van der Waals surface area contributed by atoms with Gasteiger partial charge in [0.2, 0.25) is 11.8 Å². The number of likely N-dealkylation sites (N-methyl/N-ethyl adjacent to an activating group) is 1. The largest absolute Gasteiger partial charge is 0.357 e. The van der Waals surface area contributed by atoms with Crippen LogP contribution in [0.2, 0.25) is 0 Å². The van der Waals surface area contributed by atoms with Crippen LogP contribution in [0.1, 0.15) is 26.7 Å². The molecule has 2 amide bonds. The predicted molar refractivity (Wildman–Crippen MR) is 59.1 cm³/mol. The number of carbonyl (C=O) groups excluding carboxylic acids is 2. The Balaban J connectivity index is 3.95. The van der Waals surface area contributed by atoms with E-state index in [-0.39, 0.29) is 17.7 Å². The lowest BCUT2D eigenvalue weighted by atomic mass is 10.0. The van der Waals surface area contributed by atoms with Crippen LogP contribution < -0.4 is 16.4 Å². The summed E-state index contributed by atoms with van der Waals surface area (Å²) in [5.74, 6) is -0.380. The molecule has 2 unspecified atom stereocenters. The van der Waals surface area contributed by atoms with Crippen LogP contribution in [0.5, 0.6) is 0 Å². The van der Waals surface area contributed by atoms with Crippen LogP contribution >= 0.6 is 0 Å². The molecule has 0 heterocycles. The minimum atomic E-state index is -0.483. The van der Waals surface area contributed by atoms with E-state index in [1.165, 1.54) is 0 Å². The van der Waals surface area contributed by atoms with Gasteiger partial charge in [0.15, 0.2) is 0 Å². The van der Waals surface area contributed by atoms with Crippen molar-refractivity contribution >= 4 is 11.8 Å². The number of nitrogens with two attached hydrogens (primary N) is 1. The van der Waals surface area contributed by atoms with E-state index in [0.717, 1.165) is 12.8 Å². The Labute approximate surface area is 90.8 Å². The molecule has 5 nitrogen and oxygen atoms in total. The molecule has 0 fully saturated rings. The van der Waals surface area contributed by atoms with Gasteiger partial charge in [0.25, 0.3) is 0 Å². The number of rotatable bonds is 6. The van der Waals surface area contributed by atoms with Crippen LogP contribution in [-0.2, 0) is 9.59 Å². The fraction of sp³-hybridized carbons (Fsp3) is 0.800. The smallest absolute Gasteiger partial charge is 0.242 e. The van der Waals surface area contributed by atoms with Gasteiger partial charge in [-0.25, -0.2) is 0 Å². The van der Waals surface area contributed by atoms with E-state index in [4.69, 9.17) is 5.73 Å². The first kappa shape index (κ1) is 13.9. The molecule has 0 aromatic heterocycles. The average molecular weight is 215 g/mol. The molecule has 0 saturated heterocycles. The maximum Gasteiger partial charge on any atom is 0.242 e. The zero-order chi connectivity index (χ0) is 11.8. The van der Waals surface area contributed by atoms with Gasteiger partial charge < -0.3 is 16.4 Å². The summed E-state index contributed by atoms with van der Waals surface area (Å²) in [4.78, 5) is 22.7. The topological polar surface area (TPSA) is 84.2 Å². The molecule has 0 aromatic carbocycles. The van der Waals surface area contributed by atoms with Crippen molar-refractivity contribution in [3.8, 4) is 0 Å². The monoisotopic (exact) mass is 215 g/mol. The van der Waals surface area contributed by atoms with Gasteiger partial charge in [-0.2, -0.15) is 0 Å². The first-order valence-corrected chi connectivity index (χ1v) is 5.25. The standard InChI is InChI=1S/C10H21N3O2/c1-7(5-4-6-11)9(14)13-8(2)10(15)12-3/h7-8H,4-6,11H2,1-3H3,(H,12,15)(H,13,14). The average Bonchev–Trinajstić information content (AvgIpc) is 2.24. The molecule has 0 rings (SSSR count). The highest BCUT2D eigenvalue weighted by atomic mass is 16.2. The van der Waals surface area contributed by atoms with Gasteiger partial charge in [0.05, 0.1) is 0 Å². The lowest BCUT2D eigenvalue weighted by Gasteiger charge is -2.16. The number of hydrogen-bond acceptors (Lipinski definition) is 3. The summed E-state index contributed by atoms with van der Waals surface area (Å²) in [6, 6.07) is -0.483. The SMILES string of the molecule is CNC(=O)C(C)NC(=O)C(C)CCCN. The van der Waals surface area contributed by atoms with Crippen LogP contribution in [0.25, 0.3) is 0 Å². The molecular weight excluding hydrogens is 194 g/mol. The molecule has 0 radical (unpaired) electrons. The van der Waals surface area contributed by atoms with Crippen molar-refractivity contribution in [3.63, 3.8) is 0 Å². The predicted octanol–water partition coefficient (Wildman–Crippen LogP) is -0.388. The van der Waals surface area contributed by atoms with E-state index in [9.17, 15) is 9.59 Å². The second kappa shape index (κ2) is 7.23. The minimum absolute atomic E-state index is 0.0966. The molecule has 15 heavy (non-hydrogen) atoms. The van der Waals surface area contributed by atoms with E-state index in [2.05, 4.69) is 10.6 Å². The molecule has 0 aromatic rings. The van der Waals surface area contributed by atoms with Gasteiger partial charge in [-0.3, -0.25) is 9.59 Å². The summed E-state index contributed by atoms with van der Waals surface area (Å²) in [5.41, 5.74) is 5.35. The number of amides is 2. The highest BCUT2D eigenvalue weighted by Gasteiger charge is 2.18. The zero-order valence-corrected chi connectivity index (χ0v) is 9.67. The van der Waals surface area contributed by atoms with Crippen molar-refractivity contribution in [2.24, 2.45) is 11.7 Å². The molecule has 4 N–H and O–H groups in total. The molecule has 0 aliphatic heterocycles. The van der Waals surface area contributed by atoms with Gasteiger partial charge in [-0.05, 0) is 26.3 Å². The molecule has 2 atom stereocenters. The quantitative estimate of drug-likeness (QED) is 0.564. The summed E-state index contributed by atoms with van der Waals surface area (Å²) in [6.07, 6.45) is 1.58. The second-order valence-corrected chi connectivity index (χ2v) is 3.68. The van der Waals surface area contributed by atoms with E-state index < -0.39 is 6.04 Å². The molecule has 88 valence electrons. The molecule has 0 bridgehead atoms. The van der Waals surface area contributed by atoms with Crippen molar-refractivity contribution in [1.29, 1.82) is 0 Å². The number of nitrogens with one attached hydrogen (secondary N) is 2. The maximum atomic E-state index is 11.5. The normalized spacial score (nSPS) is 14.1. The van der Waals surface area contributed by atoms with E-state index in [0.29, 0.717) is 6.54 Å². The lowest BCUT2D eigenvalue weighted by molar-refractivity contribution is -0.130. The molecule has 0 aliphatic rings. The Morgan fingerprint density at radius 3 is 2.33 bits per heavy atom. The van der Waals surface area contributed by atoms with Gasteiger partial charge in [0.1, 0.15) is 6.04 Å². The molecular formula is C10H21N3O2. The Bertz CT molecular complexity index is 219. The Hall–Kier alpha value is -1.10. The molecule has 0 aliphatic carbocycles. The first-order valence-electron chi connectivity index (χ1n) is 5.25. The van der Waals surface area contributed by atoms with E-state index >= 15 is 0 Å². The van der Waals surface area contributed by atoms with Crippen molar-refractivity contribution < 1.29 is 9.59 Å². The van der Waals surface area contributed by atoms with Crippen LogP contribution in [-0.4, -0.2) is 31.4 Å². The molecule has 5 heteroatoms. The maximum absolute atomic E-state index is 11.5. The van der Waals surface area contributed by atoms with E-state index in [1.54, 1.807) is 14.0 Å². The van der Waals surface area contributed by atoms with Gasteiger partial charge in [-0.1, -0.05) is 6.92 Å². The highest BCUT2D eigenvalue weighted by Crippen LogP contribution is 2.04. The number of hydrogen-bond donors (Lipinski definition) is 3. The third-order valence-corrected chi connectivity index (χ3v) is 2.29. The third kappa shape index (κ3) is 5.37. The minimum Gasteiger partial charge on any atom is -0.357 e. The van der Waals surface area contributed by atoms with Crippen molar-refractivity contribution in [2.75, 3.05) is 13.6 Å². The van der Waals surface area contributed by atoms with Crippen LogP contribution in [0.15, 0.2) is 0 Å². The van der Waals surface area contributed by atoms with Gasteiger partial charge >= 0.3 is 0 Å². The summed E-state index contributed by atoms with van der Waals surface area (Å²) in [7, 11) is 1.54. The second-order valence-electron chi connectivity index (χ2n) is 3.68. The van der Waals surface area contributed by atoms with Gasteiger partial charge in [-0.15, -0.1) is 0 Å². The summed E-state index contributed by atoms with van der Waals surface area (Å²) < 4.78 is 0. The zero-order valence-electron chi connectivity index (χ0n) is 9.67. The van der Waals surface area contributed by atoms with E-state index in [1.807, 2.05) is 6.92 Å². The molecule has 0 spiro atoms. The Morgan fingerprint density at radius 1 is 1.27 bits per heavy atom. The summed E-state index contributed by atoms with van der Waals surface area (Å²) >= 11 is 0. The number of carbonyl (C=O) groups is 2. The van der Waals surface area contributed by atoms with Crippen molar-refractivity contribution in [1.82, 2.24) is 10.6 Å². The first-order chi connectivity index (χ1) is 7.02. The van der Waals surface area contributed by atoms with Crippen LogP contribution in [0.4, 0.5) is 0 Å². The van der Waals surface area contributed by atoms with Gasteiger partial charge in [0, 0.05) is 13.0 Å². The van der Waals surface area contributed by atoms with Crippen LogP contribution in [0.3, 0.4) is 0 Å². The molecule has 0 saturated carbocycles. The third-order valence-electron chi connectivity index (χ3n) is 2.29. The summed E-state index contributed by atoms with van der Waals surface area (Å²) in [6.45, 7) is 4.08. The highest BCUT2D eigenvalue weighted by molar-refractivity contribution is 5.87. The Morgan fingerprint density at radius 2 is 1.87 bits per heavy atom. The van der Waals surface area contributed by atoms with Crippen molar-refractivity contribution in [2.45, 2.75) is 32.7 Å². The van der Waals surface area contributed by atoms with Crippen LogP contribution in [0, 0.1) is 5.92 Å². The van der Waals surface area contributed by atoms with Crippen molar-refractivity contribution in [3.05, 3.63) is 0 Å². The summed E-state index contributed by atoms with van der Waals surface area (Å²) in [5, 5.41) is 5.13.